The molecule has 0 spiro atoms. The molecule has 1 atom stereocenters. The molecule has 1 fully saturated rings. The highest BCUT2D eigenvalue weighted by atomic mass is 16.5. The predicted octanol–water partition coefficient (Wildman–Crippen LogP) is 0.916. The molecule has 4 nitrogen and oxygen atoms in total. The summed E-state index contributed by atoms with van der Waals surface area (Å²) >= 11 is 0. The molecule has 76 valence electrons. The average molecular weight is 193 g/mol. The molecule has 1 saturated heterocycles. The van der Waals surface area contributed by atoms with Crippen LogP contribution in [0.3, 0.4) is 0 Å². The number of ether oxygens (including phenoxy) is 1. The van der Waals surface area contributed by atoms with Gasteiger partial charge in [0.1, 0.15) is 12.4 Å². The van der Waals surface area contributed by atoms with E-state index in [0.29, 0.717) is 5.88 Å². The van der Waals surface area contributed by atoms with E-state index >= 15 is 0 Å². The highest BCUT2D eigenvalue weighted by molar-refractivity contribution is 5.20. The highest BCUT2D eigenvalue weighted by Crippen LogP contribution is 2.15. The second-order valence-corrected chi connectivity index (χ2v) is 3.60. The molecule has 14 heavy (non-hydrogen) atoms. The van der Waals surface area contributed by atoms with Crippen LogP contribution >= 0.6 is 0 Å². The zero-order chi connectivity index (χ0) is 9.80. The van der Waals surface area contributed by atoms with E-state index in [1.165, 1.54) is 12.7 Å². The standard InChI is InChI=1S/C10H15N3O/c1-8-5-12-7-13-10(8)14-9-3-2-4-11-6-9/h5,7,9,11H,2-4,6H2,1H3. The minimum absolute atomic E-state index is 0.261. The summed E-state index contributed by atoms with van der Waals surface area (Å²) in [5, 5.41) is 3.31. The molecule has 0 bridgehead atoms. The zero-order valence-corrected chi connectivity index (χ0v) is 8.36. The first-order chi connectivity index (χ1) is 6.86. The lowest BCUT2D eigenvalue weighted by atomic mass is 10.1. The van der Waals surface area contributed by atoms with Crippen molar-refractivity contribution in [2.75, 3.05) is 13.1 Å². The number of rotatable bonds is 2. The molecule has 2 rings (SSSR count). The average Bonchev–Trinajstić information content (AvgIpc) is 2.23. The van der Waals surface area contributed by atoms with E-state index in [2.05, 4.69) is 15.3 Å². The summed E-state index contributed by atoms with van der Waals surface area (Å²) in [4.78, 5) is 8.04. The Bertz CT molecular complexity index is 297. The number of nitrogens with one attached hydrogen (secondary N) is 1. The summed E-state index contributed by atoms with van der Waals surface area (Å²) in [5.41, 5.74) is 0.998. The van der Waals surface area contributed by atoms with Crippen molar-refractivity contribution in [2.45, 2.75) is 25.9 Å². The van der Waals surface area contributed by atoms with Gasteiger partial charge in [0.25, 0.3) is 0 Å². The van der Waals surface area contributed by atoms with Gasteiger partial charge >= 0.3 is 0 Å². The van der Waals surface area contributed by atoms with Gasteiger partial charge in [-0.15, -0.1) is 0 Å². The maximum atomic E-state index is 5.77. The topological polar surface area (TPSA) is 47.0 Å². The van der Waals surface area contributed by atoms with Gasteiger partial charge in [-0.1, -0.05) is 0 Å². The van der Waals surface area contributed by atoms with Crippen LogP contribution in [-0.2, 0) is 0 Å². The van der Waals surface area contributed by atoms with Gasteiger partial charge in [-0.05, 0) is 26.3 Å². The van der Waals surface area contributed by atoms with E-state index < -0.39 is 0 Å². The molecule has 1 aromatic rings. The lowest BCUT2D eigenvalue weighted by Gasteiger charge is -2.23. The van der Waals surface area contributed by atoms with Crippen molar-refractivity contribution in [1.82, 2.24) is 15.3 Å². The van der Waals surface area contributed by atoms with Crippen molar-refractivity contribution in [2.24, 2.45) is 0 Å². The van der Waals surface area contributed by atoms with Crippen LogP contribution in [0.5, 0.6) is 5.88 Å². The smallest absolute Gasteiger partial charge is 0.219 e. The molecule has 0 amide bonds. The van der Waals surface area contributed by atoms with Crippen LogP contribution in [0.1, 0.15) is 18.4 Å². The molecular formula is C10H15N3O. The Kier molecular flexibility index (Phi) is 2.93. The third kappa shape index (κ3) is 2.20. The Balaban J connectivity index is 1.99. The van der Waals surface area contributed by atoms with Gasteiger partial charge in [0.15, 0.2) is 0 Å². The van der Waals surface area contributed by atoms with Gasteiger partial charge in [0.2, 0.25) is 5.88 Å². The third-order valence-electron chi connectivity index (χ3n) is 2.38. The molecule has 1 N–H and O–H groups in total. The van der Waals surface area contributed by atoms with Crippen molar-refractivity contribution in [3.63, 3.8) is 0 Å². The minimum atomic E-state index is 0.261. The van der Waals surface area contributed by atoms with E-state index in [1.807, 2.05) is 6.92 Å². The van der Waals surface area contributed by atoms with Gasteiger partial charge in [0, 0.05) is 18.3 Å². The Hall–Kier alpha value is -1.16. The molecule has 1 aliphatic heterocycles. The fourth-order valence-electron chi connectivity index (χ4n) is 1.59. The molecule has 0 saturated carbocycles. The number of hydrogen-bond donors (Lipinski definition) is 1. The Morgan fingerprint density at radius 1 is 1.57 bits per heavy atom. The van der Waals surface area contributed by atoms with Crippen molar-refractivity contribution in [3.05, 3.63) is 18.1 Å². The largest absolute Gasteiger partial charge is 0.473 e. The van der Waals surface area contributed by atoms with Crippen molar-refractivity contribution in [3.8, 4) is 5.88 Å². The van der Waals surface area contributed by atoms with Crippen molar-refractivity contribution < 1.29 is 4.74 Å². The second kappa shape index (κ2) is 4.37. The maximum Gasteiger partial charge on any atom is 0.219 e. The first-order valence-electron chi connectivity index (χ1n) is 5.00. The second-order valence-electron chi connectivity index (χ2n) is 3.60. The van der Waals surface area contributed by atoms with Crippen LogP contribution in [0.2, 0.25) is 0 Å². The highest BCUT2D eigenvalue weighted by Gasteiger charge is 2.15. The minimum Gasteiger partial charge on any atom is -0.473 e. The number of hydrogen-bond acceptors (Lipinski definition) is 4. The molecular weight excluding hydrogens is 178 g/mol. The Morgan fingerprint density at radius 2 is 2.50 bits per heavy atom. The summed E-state index contributed by atoms with van der Waals surface area (Å²) in [6.45, 7) is 3.98. The number of aryl methyl sites for hydroxylation is 1. The first kappa shape index (κ1) is 9.40. The lowest BCUT2D eigenvalue weighted by Crippen LogP contribution is -2.37. The molecule has 1 aliphatic rings. The Morgan fingerprint density at radius 3 is 3.21 bits per heavy atom. The van der Waals surface area contributed by atoms with Crippen LogP contribution in [-0.4, -0.2) is 29.2 Å². The molecule has 4 heteroatoms. The van der Waals surface area contributed by atoms with Crippen LogP contribution in [0.4, 0.5) is 0 Å². The normalized spacial score (nSPS) is 21.9. The molecule has 2 heterocycles. The lowest BCUT2D eigenvalue weighted by molar-refractivity contribution is 0.159. The summed E-state index contributed by atoms with van der Waals surface area (Å²) < 4.78 is 5.77. The SMILES string of the molecule is Cc1cncnc1OC1CCCNC1. The van der Waals surface area contributed by atoms with Gasteiger partial charge in [-0.3, -0.25) is 0 Å². The summed E-state index contributed by atoms with van der Waals surface area (Å²) in [6.07, 6.45) is 5.85. The van der Waals surface area contributed by atoms with E-state index in [1.54, 1.807) is 6.20 Å². The summed E-state index contributed by atoms with van der Waals surface area (Å²) in [5.74, 6) is 0.716. The molecule has 0 aliphatic carbocycles. The van der Waals surface area contributed by atoms with Crippen LogP contribution < -0.4 is 10.1 Å². The van der Waals surface area contributed by atoms with E-state index in [9.17, 15) is 0 Å². The van der Waals surface area contributed by atoms with Gasteiger partial charge in [-0.25, -0.2) is 9.97 Å². The fraction of sp³-hybridized carbons (Fsp3) is 0.600. The number of nitrogens with zero attached hydrogens (tertiary/aromatic N) is 2. The van der Waals surface area contributed by atoms with Crippen LogP contribution in [0, 0.1) is 6.92 Å². The molecule has 1 aromatic heterocycles. The first-order valence-corrected chi connectivity index (χ1v) is 5.00. The fourth-order valence-corrected chi connectivity index (χ4v) is 1.59. The van der Waals surface area contributed by atoms with E-state index in [4.69, 9.17) is 4.74 Å². The predicted molar refractivity (Wildman–Crippen MR) is 53.3 cm³/mol. The maximum absolute atomic E-state index is 5.77. The quantitative estimate of drug-likeness (QED) is 0.758. The number of aromatic nitrogens is 2. The number of piperidine rings is 1. The van der Waals surface area contributed by atoms with E-state index in [0.717, 1.165) is 25.1 Å². The molecule has 1 unspecified atom stereocenters. The van der Waals surface area contributed by atoms with Crippen molar-refractivity contribution in [1.29, 1.82) is 0 Å². The zero-order valence-electron chi connectivity index (χ0n) is 8.36. The van der Waals surface area contributed by atoms with Gasteiger partial charge in [0.05, 0.1) is 0 Å². The monoisotopic (exact) mass is 193 g/mol. The summed E-state index contributed by atoms with van der Waals surface area (Å²) in [7, 11) is 0. The van der Waals surface area contributed by atoms with Gasteiger partial charge in [-0.2, -0.15) is 0 Å². The summed E-state index contributed by atoms with van der Waals surface area (Å²) in [6, 6.07) is 0. The van der Waals surface area contributed by atoms with Gasteiger partial charge < -0.3 is 10.1 Å². The van der Waals surface area contributed by atoms with E-state index in [-0.39, 0.29) is 6.10 Å². The van der Waals surface area contributed by atoms with Crippen molar-refractivity contribution >= 4 is 0 Å². The molecule has 0 radical (unpaired) electrons. The van der Waals surface area contributed by atoms with Crippen LogP contribution in [0.25, 0.3) is 0 Å². The third-order valence-corrected chi connectivity index (χ3v) is 2.38. The van der Waals surface area contributed by atoms with Crippen LogP contribution in [0.15, 0.2) is 12.5 Å². The Labute approximate surface area is 83.7 Å². The molecule has 0 aromatic carbocycles.